The maximum atomic E-state index is 10.7. The van der Waals surface area contributed by atoms with Gasteiger partial charge in [-0.25, -0.2) is 0 Å². The molecule has 1 aliphatic rings. The summed E-state index contributed by atoms with van der Waals surface area (Å²) in [7, 11) is 0. The fourth-order valence-corrected chi connectivity index (χ4v) is 3.59. The number of hydrogen-bond acceptors (Lipinski definition) is 3. The second-order valence-electron chi connectivity index (χ2n) is 7.03. The summed E-state index contributed by atoms with van der Waals surface area (Å²) >= 11 is 0. The molecule has 4 nitrogen and oxygen atoms in total. The highest BCUT2D eigenvalue weighted by molar-refractivity contribution is 5.70. The summed E-state index contributed by atoms with van der Waals surface area (Å²) in [5, 5.41) is 8.77. The average molecular weight is 373 g/mol. The van der Waals surface area contributed by atoms with Gasteiger partial charge in [-0.05, 0) is 59.9 Å². The average Bonchev–Trinajstić information content (AvgIpc) is 3.16. The number of nitrogens with zero attached hydrogens (tertiary/aromatic N) is 1. The van der Waals surface area contributed by atoms with Gasteiger partial charge in [-0.1, -0.05) is 42.5 Å². The standard InChI is InChI=1S/C24H23NO3/c26-24(27)13-10-18-8-11-22(12-9-18)28-17-19-4-3-6-21(16-19)25-15-14-20-5-1-2-7-23(20)25/h1-9,11-12,16H,10,13-15,17H2,(H,26,27). The molecule has 0 atom stereocenters. The van der Waals surface area contributed by atoms with Crippen LogP contribution >= 0.6 is 0 Å². The van der Waals surface area contributed by atoms with E-state index in [-0.39, 0.29) is 6.42 Å². The van der Waals surface area contributed by atoms with Crippen LogP contribution in [0, 0.1) is 0 Å². The van der Waals surface area contributed by atoms with Crippen molar-refractivity contribution in [1.82, 2.24) is 0 Å². The van der Waals surface area contributed by atoms with Crippen LogP contribution in [0.25, 0.3) is 0 Å². The van der Waals surface area contributed by atoms with Gasteiger partial charge in [-0.15, -0.1) is 0 Å². The Morgan fingerprint density at radius 2 is 1.79 bits per heavy atom. The molecular formula is C24H23NO3. The molecule has 1 aliphatic heterocycles. The van der Waals surface area contributed by atoms with E-state index in [9.17, 15) is 4.79 Å². The van der Waals surface area contributed by atoms with Gasteiger partial charge in [0.15, 0.2) is 0 Å². The molecule has 0 radical (unpaired) electrons. The molecule has 142 valence electrons. The Hall–Kier alpha value is -3.27. The van der Waals surface area contributed by atoms with Crippen LogP contribution in [0.5, 0.6) is 5.75 Å². The van der Waals surface area contributed by atoms with Crippen molar-refractivity contribution >= 4 is 17.3 Å². The molecular weight excluding hydrogens is 350 g/mol. The molecule has 4 rings (SSSR count). The zero-order chi connectivity index (χ0) is 19.3. The van der Waals surface area contributed by atoms with Gasteiger partial charge < -0.3 is 14.7 Å². The molecule has 0 aliphatic carbocycles. The highest BCUT2D eigenvalue weighted by Gasteiger charge is 2.19. The van der Waals surface area contributed by atoms with Gasteiger partial charge in [0, 0.05) is 24.3 Å². The molecule has 0 fully saturated rings. The molecule has 0 saturated heterocycles. The molecule has 1 N–H and O–H groups in total. The number of carboxylic acid groups (broad SMARTS) is 1. The number of fused-ring (bicyclic) bond motifs is 1. The second kappa shape index (κ2) is 8.17. The SMILES string of the molecule is O=C(O)CCc1ccc(OCc2cccc(N3CCc4ccccc43)c2)cc1. The monoisotopic (exact) mass is 373 g/mol. The van der Waals surface area contributed by atoms with Gasteiger partial charge in [0.1, 0.15) is 12.4 Å². The Kier molecular flexibility index (Phi) is 5.29. The number of benzene rings is 3. The van der Waals surface area contributed by atoms with Crippen LogP contribution in [0.1, 0.15) is 23.1 Å². The minimum absolute atomic E-state index is 0.145. The molecule has 0 amide bonds. The molecule has 0 bridgehead atoms. The van der Waals surface area contributed by atoms with E-state index in [4.69, 9.17) is 9.84 Å². The Balaban J connectivity index is 1.40. The number of aliphatic carboxylic acids is 1. The largest absolute Gasteiger partial charge is 0.489 e. The minimum atomic E-state index is -0.777. The first kappa shape index (κ1) is 18.1. The van der Waals surface area contributed by atoms with Crippen LogP contribution in [0.2, 0.25) is 0 Å². The van der Waals surface area contributed by atoms with Crippen molar-refractivity contribution in [3.05, 3.63) is 89.5 Å². The van der Waals surface area contributed by atoms with Crippen molar-refractivity contribution in [3.63, 3.8) is 0 Å². The lowest BCUT2D eigenvalue weighted by molar-refractivity contribution is -0.136. The van der Waals surface area contributed by atoms with Gasteiger partial charge in [0.2, 0.25) is 0 Å². The predicted octanol–water partition coefficient (Wildman–Crippen LogP) is 4.98. The zero-order valence-electron chi connectivity index (χ0n) is 15.7. The molecule has 28 heavy (non-hydrogen) atoms. The third kappa shape index (κ3) is 4.17. The number of rotatable bonds is 7. The fourth-order valence-electron chi connectivity index (χ4n) is 3.59. The van der Waals surface area contributed by atoms with E-state index < -0.39 is 5.97 Å². The van der Waals surface area contributed by atoms with Crippen LogP contribution in [-0.2, 0) is 24.2 Å². The number of anilines is 2. The lowest BCUT2D eigenvalue weighted by Crippen LogP contribution is -2.13. The van der Waals surface area contributed by atoms with E-state index in [1.54, 1.807) is 0 Å². The number of hydrogen-bond donors (Lipinski definition) is 1. The summed E-state index contributed by atoms with van der Waals surface area (Å²) in [6.07, 6.45) is 1.76. The van der Waals surface area contributed by atoms with Crippen molar-refractivity contribution in [3.8, 4) is 5.75 Å². The van der Waals surface area contributed by atoms with Crippen molar-refractivity contribution in [1.29, 1.82) is 0 Å². The van der Waals surface area contributed by atoms with Gasteiger partial charge in [-0.3, -0.25) is 4.79 Å². The molecule has 0 unspecified atom stereocenters. The van der Waals surface area contributed by atoms with Crippen LogP contribution in [0.3, 0.4) is 0 Å². The minimum Gasteiger partial charge on any atom is -0.489 e. The third-order valence-electron chi connectivity index (χ3n) is 5.07. The van der Waals surface area contributed by atoms with Gasteiger partial charge in [0.25, 0.3) is 0 Å². The van der Waals surface area contributed by atoms with E-state index >= 15 is 0 Å². The van der Waals surface area contributed by atoms with E-state index in [2.05, 4.69) is 53.4 Å². The summed E-state index contributed by atoms with van der Waals surface area (Å²) in [4.78, 5) is 13.0. The normalized spacial score (nSPS) is 12.6. The maximum Gasteiger partial charge on any atom is 0.303 e. The van der Waals surface area contributed by atoms with Crippen molar-refractivity contribution < 1.29 is 14.6 Å². The summed E-state index contributed by atoms with van der Waals surface area (Å²) in [6.45, 7) is 1.50. The van der Waals surface area contributed by atoms with Gasteiger partial charge in [0.05, 0.1) is 0 Å². The van der Waals surface area contributed by atoms with Crippen LogP contribution in [0.4, 0.5) is 11.4 Å². The summed E-state index contributed by atoms with van der Waals surface area (Å²) in [5.74, 6) is 0.0110. The Morgan fingerprint density at radius 1 is 0.964 bits per heavy atom. The zero-order valence-corrected chi connectivity index (χ0v) is 15.7. The Bertz CT molecular complexity index is 966. The summed E-state index contributed by atoms with van der Waals surface area (Å²) in [5.41, 5.74) is 6.00. The van der Waals surface area contributed by atoms with Crippen molar-refractivity contribution in [2.45, 2.75) is 25.9 Å². The number of para-hydroxylation sites is 1. The topological polar surface area (TPSA) is 49.8 Å². The van der Waals surface area contributed by atoms with E-state index in [1.165, 1.54) is 16.9 Å². The van der Waals surface area contributed by atoms with E-state index in [1.807, 2.05) is 24.3 Å². The molecule has 0 spiro atoms. The van der Waals surface area contributed by atoms with E-state index in [0.717, 1.165) is 29.8 Å². The molecule has 3 aromatic rings. The maximum absolute atomic E-state index is 10.7. The van der Waals surface area contributed by atoms with Gasteiger partial charge >= 0.3 is 5.97 Å². The fraction of sp³-hybridized carbons (Fsp3) is 0.208. The number of carboxylic acids is 1. The lowest BCUT2D eigenvalue weighted by atomic mass is 10.1. The molecule has 1 heterocycles. The summed E-state index contributed by atoms with van der Waals surface area (Å²) < 4.78 is 5.92. The highest BCUT2D eigenvalue weighted by Crippen LogP contribution is 2.34. The van der Waals surface area contributed by atoms with Crippen molar-refractivity contribution in [2.24, 2.45) is 0 Å². The Morgan fingerprint density at radius 3 is 2.61 bits per heavy atom. The molecule has 3 aromatic carbocycles. The molecule has 0 aromatic heterocycles. The highest BCUT2D eigenvalue weighted by atomic mass is 16.5. The third-order valence-corrected chi connectivity index (χ3v) is 5.07. The number of carbonyl (C=O) groups is 1. The van der Waals surface area contributed by atoms with Crippen LogP contribution < -0.4 is 9.64 Å². The number of aryl methyl sites for hydroxylation is 1. The predicted molar refractivity (Wildman–Crippen MR) is 110 cm³/mol. The lowest BCUT2D eigenvalue weighted by Gasteiger charge is -2.20. The smallest absolute Gasteiger partial charge is 0.303 e. The molecule has 0 saturated carbocycles. The second-order valence-corrected chi connectivity index (χ2v) is 7.03. The van der Waals surface area contributed by atoms with Crippen molar-refractivity contribution in [2.75, 3.05) is 11.4 Å². The quantitative estimate of drug-likeness (QED) is 0.635. The number of ether oxygens (including phenoxy) is 1. The summed E-state index contributed by atoms with van der Waals surface area (Å²) in [6, 6.07) is 24.7. The van der Waals surface area contributed by atoms with E-state index in [0.29, 0.717) is 13.0 Å². The van der Waals surface area contributed by atoms with Crippen LogP contribution in [0.15, 0.2) is 72.8 Å². The first-order chi connectivity index (χ1) is 13.7. The van der Waals surface area contributed by atoms with Gasteiger partial charge in [-0.2, -0.15) is 0 Å². The first-order valence-corrected chi connectivity index (χ1v) is 9.57. The molecule has 4 heteroatoms. The Labute approximate surface area is 165 Å². The van der Waals surface area contributed by atoms with Crippen LogP contribution in [-0.4, -0.2) is 17.6 Å². The first-order valence-electron chi connectivity index (χ1n) is 9.57.